The van der Waals surface area contributed by atoms with Crippen LogP contribution in [0, 0.1) is 5.92 Å². The Morgan fingerprint density at radius 3 is 2.69 bits per heavy atom. The second-order valence-corrected chi connectivity index (χ2v) is 6.08. The lowest BCUT2D eigenvalue weighted by Crippen LogP contribution is -2.40. The van der Waals surface area contributed by atoms with E-state index in [0.29, 0.717) is 6.04 Å². The molecule has 1 fully saturated rings. The molecule has 1 aliphatic heterocycles. The van der Waals surface area contributed by atoms with Crippen LogP contribution in [0.2, 0.25) is 0 Å². The third kappa shape index (κ3) is 4.81. The number of hydrogen-bond donors (Lipinski definition) is 1. The molecule has 2 unspecified atom stereocenters. The van der Waals surface area contributed by atoms with Crippen LogP contribution in [0.15, 0.2) is 0 Å². The van der Waals surface area contributed by atoms with Crippen molar-refractivity contribution in [1.29, 1.82) is 0 Å². The Balaban J connectivity index is 2.24. The van der Waals surface area contributed by atoms with Crippen molar-refractivity contribution in [1.82, 2.24) is 10.2 Å². The smallest absolute Gasteiger partial charge is 0.0615 e. The Morgan fingerprint density at radius 2 is 2.12 bits per heavy atom. The molecule has 0 saturated carbocycles. The maximum atomic E-state index is 5.21. The van der Waals surface area contributed by atoms with Gasteiger partial charge in [0, 0.05) is 25.2 Å². The molecule has 0 spiro atoms. The number of methoxy groups -OCH3 is 1. The van der Waals surface area contributed by atoms with Gasteiger partial charge in [0.05, 0.1) is 6.61 Å². The normalized spacial score (nSPS) is 24.9. The fourth-order valence-electron chi connectivity index (χ4n) is 2.23. The van der Waals surface area contributed by atoms with Gasteiger partial charge in [-0.1, -0.05) is 0 Å². The number of likely N-dealkylation sites (tertiary alicyclic amines) is 1. The molecule has 3 heteroatoms. The lowest BCUT2D eigenvalue weighted by molar-refractivity contribution is 0.112. The van der Waals surface area contributed by atoms with Gasteiger partial charge in [-0.2, -0.15) is 0 Å². The van der Waals surface area contributed by atoms with Crippen LogP contribution in [0.25, 0.3) is 0 Å². The Bertz CT molecular complexity index is 201. The molecule has 0 aromatic rings. The quantitative estimate of drug-likeness (QED) is 0.775. The minimum absolute atomic E-state index is 0.242. The highest BCUT2D eigenvalue weighted by Crippen LogP contribution is 2.18. The fourth-order valence-corrected chi connectivity index (χ4v) is 2.23. The second-order valence-electron chi connectivity index (χ2n) is 6.08. The van der Waals surface area contributed by atoms with E-state index in [9.17, 15) is 0 Å². The maximum absolute atomic E-state index is 5.21. The summed E-state index contributed by atoms with van der Waals surface area (Å²) >= 11 is 0. The molecule has 1 saturated heterocycles. The van der Waals surface area contributed by atoms with Crippen LogP contribution in [0.3, 0.4) is 0 Å². The first-order valence-corrected chi connectivity index (χ1v) is 6.40. The first-order valence-electron chi connectivity index (χ1n) is 6.40. The molecule has 0 aromatic heterocycles. The average Bonchev–Trinajstić information content (AvgIpc) is 2.62. The van der Waals surface area contributed by atoms with E-state index in [2.05, 4.69) is 37.9 Å². The summed E-state index contributed by atoms with van der Waals surface area (Å²) in [7, 11) is 1.78. The van der Waals surface area contributed by atoms with Crippen LogP contribution in [0.1, 0.15) is 34.1 Å². The molecule has 16 heavy (non-hydrogen) atoms. The van der Waals surface area contributed by atoms with Gasteiger partial charge in [-0.3, -0.25) is 4.90 Å². The molecule has 96 valence electrons. The van der Waals surface area contributed by atoms with Gasteiger partial charge in [0.25, 0.3) is 0 Å². The number of nitrogens with zero attached hydrogens (tertiary/aromatic N) is 1. The molecule has 0 bridgehead atoms. The Morgan fingerprint density at radius 1 is 1.44 bits per heavy atom. The van der Waals surface area contributed by atoms with Crippen molar-refractivity contribution in [3.05, 3.63) is 0 Å². The van der Waals surface area contributed by atoms with E-state index in [-0.39, 0.29) is 5.54 Å². The van der Waals surface area contributed by atoms with E-state index in [1.807, 2.05) is 0 Å². The van der Waals surface area contributed by atoms with E-state index in [1.54, 1.807) is 7.11 Å². The van der Waals surface area contributed by atoms with Gasteiger partial charge < -0.3 is 10.1 Å². The van der Waals surface area contributed by atoms with Gasteiger partial charge in [-0.15, -0.1) is 0 Å². The molecule has 0 radical (unpaired) electrons. The van der Waals surface area contributed by atoms with Crippen molar-refractivity contribution < 1.29 is 4.74 Å². The zero-order valence-electron chi connectivity index (χ0n) is 11.5. The van der Waals surface area contributed by atoms with Gasteiger partial charge in [0.15, 0.2) is 0 Å². The van der Waals surface area contributed by atoms with Gasteiger partial charge >= 0.3 is 0 Å². The summed E-state index contributed by atoms with van der Waals surface area (Å²) < 4.78 is 5.21. The van der Waals surface area contributed by atoms with Gasteiger partial charge in [-0.05, 0) is 53.1 Å². The Labute approximate surface area is 101 Å². The minimum Gasteiger partial charge on any atom is -0.383 e. The highest BCUT2D eigenvalue weighted by Gasteiger charge is 2.26. The van der Waals surface area contributed by atoms with Crippen molar-refractivity contribution in [2.75, 3.05) is 33.4 Å². The first-order chi connectivity index (χ1) is 7.42. The summed E-state index contributed by atoms with van der Waals surface area (Å²) in [6, 6.07) is 0.560. The molecule has 1 heterocycles. The Hall–Kier alpha value is -0.120. The number of rotatable bonds is 5. The van der Waals surface area contributed by atoms with Crippen LogP contribution in [0.5, 0.6) is 0 Å². The van der Waals surface area contributed by atoms with Crippen molar-refractivity contribution in [2.24, 2.45) is 5.92 Å². The van der Waals surface area contributed by atoms with Gasteiger partial charge in [-0.25, -0.2) is 0 Å². The van der Waals surface area contributed by atoms with E-state index in [4.69, 9.17) is 4.74 Å². The molecule has 1 N–H and O–H groups in total. The predicted molar refractivity (Wildman–Crippen MR) is 68.8 cm³/mol. The highest BCUT2D eigenvalue weighted by molar-refractivity contribution is 4.82. The van der Waals surface area contributed by atoms with Crippen LogP contribution < -0.4 is 5.32 Å². The largest absolute Gasteiger partial charge is 0.383 e. The summed E-state index contributed by atoms with van der Waals surface area (Å²) in [5, 5.41) is 3.60. The third-order valence-electron chi connectivity index (χ3n) is 3.27. The molecular weight excluding hydrogens is 200 g/mol. The number of hydrogen-bond acceptors (Lipinski definition) is 3. The summed E-state index contributed by atoms with van der Waals surface area (Å²) in [5.74, 6) is 0.804. The molecule has 2 atom stereocenters. The number of ether oxygens (including phenoxy) is 1. The molecule has 1 rings (SSSR count). The zero-order valence-corrected chi connectivity index (χ0v) is 11.5. The molecule has 0 amide bonds. The van der Waals surface area contributed by atoms with Gasteiger partial charge in [0.2, 0.25) is 0 Å². The predicted octanol–water partition coefficient (Wildman–Crippen LogP) is 1.73. The second kappa shape index (κ2) is 5.99. The molecule has 0 aromatic carbocycles. The zero-order chi connectivity index (χ0) is 12.2. The molecular formula is C13H28N2O. The minimum atomic E-state index is 0.242. The van der Waals surface area contributed by atoms with Crippen molar-refractivity contribution >= 4 is 0 Å². The van der Waals surface area contributed by atoms with Crippen molar-refractivity contribution in [3.63, 3.8) is 0 Å². The Kier molecular flexibility index (Phi) is 5.22. The highest BCUT2D eigenvalue weighted by atomic mass is 16.5. The maximum Gasteiger partial charge on any atom is 0.0615 e. The summed E-state index contributed by atoms with van der Waals surface area (Å²) in [4.78, 5) is 2.54. The average molecular weight is 228 g/mol. The van der Waals surface area contributed by atoms with E-state index >= 15 is 0 Å². The van der Waals surface area contributed by atoms with E-state index < -0.39 is 0 Å². The summed E-state index contributed by atoms with van der Waals surface area (Å²) in [6.45, 7) is 13.4. The lowest BCUT2D eigenvalue weighted by Gasteiger charge is -2.25. The molecule has 1 aliphatic rings. The fraction of sp³-hybridized carbons (Fsp3) is 1.00. The van der Waals surface area contributed by atoms with Crippen LogP contribution in [0.4, 0.5) is 0 Å². The molecule has 3 nitrogen and oxygen atoms in total. The van der Waals surface area contributed by atoms with Crippen LogP contribution >= 0.6 is 0 Å². The van der Waals surface area contributed by atoms with Crippen LogP contribution in [-0.2, 0) is 4.74 Å². The summed E-state index contributed by atoms with van der Waals surface area (Å²) in [5.41, 5.74) is 0.242. The van der Waals surface area contributed by atoms with Gasteiger partial charge in [0.1, 0.15) is 0 Å². The SMILES string of the molecule is COCC(C)N1CCC(CNC(C)(C)C)C1. The standard InChI is InChI=1S/C13H28N2O/c1-11(10-16-5)15-7-6-12(9-15)8-14-13(2,3)4/h11-12,14H,6-10H2,1-5H3. The van der Waals surface area contributed by atoms with Crippen LogP contribution in [-0.4, -0.2) is 49.8 Å². The first kappa shape index (κ1) is 13.9. The monoisotopic (exact) mass is 228 g/mol. The lowest BCUT2D eigenvalue weighted by atomic mass is 10.1. The molecule has 0 aliphatic carbocycles. The number of nitrogens with one attached hydrogen (secondary N) is 1. The van der Waals surface area contributed by atoms with E-state index in [1.165, 1.54) is 19.5 Å². The van der Waals surface area contributed by atoms with E-state index in [0.717, 1.165) is 19.1 Å². The van der Waals surface area contributed by atoms with Crippen molar-refractivity contribution in [3.8, 4) is 0 Å². The third-order valence-corrected chi connectivity index (χ3v) is 3.27. The topological polar surface area (TPSA) is 24.5 Å². The summed E-state index contributed by atoms with van der Waals surface area (Å²) in [6.07, 6.45) is 1.32. The van der Waals surface area contributed by atoms with Crippen molar-refractivity contribution in [2.45, 2.75) is 45.7 Å².